The number of nitrogens with one attached hydrogen (secondary N) is 2. The molecule has 0 fully saturated rings. The Kier molecular flexibility index (Phi) is 5.83. The summed E-state index contributed by atoms with van der Waals surface area (Å²) in [5.41, 5.74) is 0.694. The van der Waals surface area contributed by atoms with Gasteiger partial charge in [0, 0.05) is 19.3 Å². The Morgan fingerprint density at radius 2 is 2.24 bits per heavy atom. The first kappa shape index (κ1) is 13.8. The average Bonchev–Trinajstić information content (AvgIpc) is 2.68. The van der Waals surface area contributed by atoms with Gasteiger partial charge in [0.05, 0.1) is 11.6 Å². The van der Waals surface area contributed by atoms with Crippen molar-refractivity contribution in [2.45, 2.75) is 39.8 Å². The fourth-order valence-corrected chi connectivity index (χ4v) is 1.54. The van der Waals surface area contributed by atoms with Gasteiger partial charge in [0.25, 0.3) is 0 Å². The van der Waals surface area contributed by atoms with Gasteiger partial charge in [0.2, 0.25) is 0 Å². The van der Waals surface area contributed by atoms with Crippen LogP contribution in [-0.2, 0) is 13.1 Å². The number of unbranched alkanes of at least 4 members (excludes halogenated alkanes) is 1. The zero-order valence-corrected chi connectivity index (χ0v) is 11.0. The number of aryl methyl sites for hydroxylation is 1. The lowest BCUT2D eigenvalue weighted by atomic mass is 10.3. The number of carbonyl (C=O) groups is 1. The molecule has 0 unspecified atom stereocenters. The summed E-state index contributed by atoms with van der Waals surface area (Å²) in [5.74, 6) is 0. The molecule has 0 aromatic carbocycles. The molecule has 17 heavy (non-hydrogen) atoms. The minimum atomic E-state index is -0.180. The van der Waals surface area contributed by atoms with E-state index in [1.807, 2.05) is 6.92 Å². The lowest BCUT2D eigenvalue weighted by molar-refractivity contribution is 0.240. The smallest absolute Gasteiger partial charge is 0.315 e. The van der Waals surface area contributed by atoms with Crippen molar-refractivity contribution in [3.8, 4) is 0 Å². The van der Waals surface area contributed by atoms with Gasteiger partial charge in [0.15, 0.2) is 0 Å². The molecule has 6 heteroatoms. The second-order valence-corrected chi connectivity index (χ2v) is 4.15. The number of rotatable bonds is 6. The summed E-state index contributed by atoms with van der Waals surface area (Å²) >= 11 is 5.98. The summed E-state index contributed by atoms with van der Waals surface area (Å²) in [5, 5.41) is 10.3. The van der Waals surface area contributed by atoms with Crippen molar-refractivity contribution >= 4 is 17.6 Å². The fraction of sp³-hybridized carbons (Fsp3) is 0.636. The molecular formula is C11H19ClN4O. The molecule has 0 saturated carbocycles. The minimum Gasteiger partial charge on any atom is -0.338 e. The number of hydrogen-bond donors (Lipinski definition) is 2. The van der Waals surface area contributed by atoms with Crippen LogP contribution in [0.4, 0.5) is 4.79 Å². The Hall–Kier alpha value is -1.23. The van der Waals surface area contributed by atoms with Crippen LogP contribution in [0.5, 0.6) is 0 Å². The fourth-order valence-electron chi connectivity index (χ4n) is 1.32. The number of amides is 2. The number of carbonyl (C=O) groups excluding carboxylic acids is 1. The van der Waals surface area contributed by atoms with Gasteiger partial charge in [-0.15, -0.1) is 0 Å². The van der Waals surface area contributed by atoms with Gasteiger partial charge in [-0.1, -0.05) is 24.9 Å². The van der Waals surface area contributed by atoms with E-state index in [4.69, 9.17) is 11.6 Å². The maximum atomic E-state index is 11.4. The van der Waals surface area contributed by atoms with Gasteiger partial charge < -0.3 is 10.6 Å². The molecule has 1 rings (SSSR count). The normalized spacial score (nSPS) is 10.3. The second kappa shape index (κ2) is 7.17. The van der Waals surface area contributed by atoms with E-state index < -0.39 is 0 Å². The minimum absolute atomic E-state index is 0.180. The first-order chi connectivity index (χ1) is 8.17. The summed E-state index contributed by atoms with van der Waals surface area (Å²) in [6, 6.07) is -0.180. The van der Waals surface area contributed by atoms with Crippen LogP contribution in [0.15, 0.2) is 6.20 Å². The molecule has 2 N–H and O–H groups in total. The standard InChI is InChI=1S/C11H19ClN4O/c1-3-5-6-13-11(17)14-7-10-9(12)8-16(4-2)15-10/h8H,3-7H2,1-2H3,(H2,13,14,17). The third-order valence-corrected chi connectivity index (χ3v) is 2.66. The first-order valence-corrected chi connectivity index (χ1v) is 6.28. The molecular weight excluding hydrogens is 240 g/mol. The molecule has 1 aromatic heterocycles. The number of halogens is 1. The molecule has 0 saturated heterocycles. The number of urea groups is 1. The third-order valence-electron chi connectivity index (χ3n) is 2.34. The highest BCUT2D eigenvalue weighted by atomic mass is 35.5. The van der Waals surface area contributed by atoms with Gasteiger partial charge in [-0.3, -0.25) is 4.68 Å². The maximum absolute atomic E-state index is 11.4. The van der Waals surface area contributed by atoms with E-state index >= 15 is 0 Å². The van der Waals surface area contributed by atoms with Crippen LogP contribution in [0.2, 0.25) is 5.02 Å². The summed E-state index contributed by atoms with van der Waals surface area (Å²) in [6.07, 6.45) is 3.80. The maximum Gasteiger partial charge on any atom is 0.315 e. The molecule has 0 spiro atoms. The lowest BCUT2D eigenvalue weighted by Crippen LogP contribution is -2.35. The van der Waals surface area contributed by atoms with Crippen LogP contribution in [-0.4, -0.2) is 22.4 Å². The molecule has 1 heterocycles. The van der Waals surface area contributed by atoms with E-state index in [1.165, 1.54) is 0 Å². The molecule has 1 aromatic rings. The third kappa shape index (κ3) is 4.65. The number of nitrogens with zero attached hydrogens (tertiary/aromatic N) is 2. The summed E-state index contributed by atoms with van der Waals surface area (Å²) in [4.78, 5) is 11.4. The monoisotopic (exact) mass is 258 g/mol. The molecule has 0 aliphatic rings. The molecule has 0 bridgehead atoms. The van der Waals surface area contributed by atoms with Gasteiger partial charge >= 0.3 is 6.03 Å². The van der Waals surface area contributed by atoms with E-state index in [9.17, 15) is 4.79 Å². The van der Waals surface area contributed by atoms with Crippen molar-refractivity contribution in [3.05, 3.63) is 16.9 Å². The zero-order chi connectivity index (χ0) is 12.7. The van der Waals surface area contributed by atoms with Crippen LogP contribution >= 0.6 is 11.6 Å². The van der Waals surface area contributed by atoms with Crippen LogP contribution < -0.4 is 10.6 Å². The lowest BCUT2D eigenvalue weighted by Gasteiger charge is -2.05. The van der Waals surface area contributed by atoms with Crippen molar-refractivity contribution in [2.24, 2.45) is 0 Å². The Morgan fingerprint density at radius 1 is 1.47 bits per heavy atom. The van der Waals surface area contributed by atoms with Crippen molar-refractivity contribution in [1.29, 1.82) is 0 Å². The van der Waals surface area contributed by atoms with Gasteiger partial charge in [-0.25, -0.2) is 4.79 Å². The van der Waals surface area contributed by atoms with Crippen LogP contribution in [0, 0.1) is 0 Å². The Morgan fingerprint density at radius 3 is 2.82 bits per heavy atom. The topological polar surface area (TPSA) is 59.0 Å². The molecule has 2 amide bonds. The van der Waals surface area contributed by atoms with Gasteiger partial charge in [-0.2, -0.15) is 5.10 Å². The zero-order valence-electron chi connectivity index (χ0n) is 10.3. The van der Waals surface area contributed by atoms with E-state index in [0.717, 1.165) is 19.4 Å². The van der Waals surface area contributed by atoms with E-state index in [1.54, 1.807) is 10.9 Å². The van der Waals surface area contributed by atoms with E-state index in [-0.39, 0.29) is 6.03 Å². The number of hydrogen-bond acceptors (Lipinski definition) is 2. The number of aromatic nitrogens is 2. The predicted octanol–water partition coefficient (Wildman–Crippen LogP) is 2.16. The molecule has 0 atom stereocenters. The average molecular weight is 259 g/mol. The summed E-state index contributed by atoms with van der Waals surface area (Å²) < 4.78 is 1.74. The Bertz CT molecular complexity index is 364. The molecule has 5 nitrogen and oxygen atoms in total. The highest BCUT2D eigenvalue weighted by Crippen LogP contribution is 2.13. The van der Waals surface area contributed by atoms with Crippen molar-refractivity contribution in [1.82, 2.24) is 20.4 Å². The van der Waals surface area contributed by atoms with Crippen molar-refractivity contribution < 1.29 is 4.79 Å². The quantitative estimate of drug-likeness (QED) is 0.768. The van der Waals surface area contributed by atoms with Gasteiger partial charge in [0.1, 0.15) is 5.69 Å². The van der Waals surface area contributed by atoms with E-state index in [0.29, 0.717) is 23.8 Å². The van der Waals surface area contributed by atoms with Gasteiger partial charge in [-0.05, 0) is 13.3 Å². The Labute approximate surface area is 107 Å². The van der Waals surface area contributed by atoms with Crippen molar-refractivity contribution in [2.75, 3.05) is 6.54 Å². The van der Waals surface area contributed by atoms with Crippen LogP contribution in [0.25, 0.3) is 0 Å². The predicted molar refractivity (Wildman–Crippen MR) is 68.1 cm³/mol. The van der Waals surface area contributed by atoms with Crippen molar-refractivity contribution in [3.63, 3.8) is 0 Å². The van der Waals surface area contributed by atoms with E-state index in [2.05, 4.69) is 22.7 Å². The molecule has 0 aliphatic carbocycles. The molecule has 0 aliphatic heterocycles. The largest absolute Gasteiger partial charge is 0.338 e. The van der Waals surface area contributed by atoms with Crippen LogP contribution in [0.3, 0.4) is 0 Å². The Balaban J connectivity index is 2.34. The van der Waals surface area contributed by atoms with Crippen LogP contribution in [0.1, 0.15) is 32.4 Å². The summed E-state index contributed by atoms with van der Waals surface area (Å²) in [6.45, 7) is 5.88. The molecule has 0 radical (unpaired) electrons. The summed E-state index contributed by atoms with van der Waals surface area (Å²) in [7, 11) is 0. The second-order valence-electron chi connectivity index (χ2n) is 3.74. The SMILES string of the molecule is CCCCNC(=O)NCc1nn(CC)cc1Cl. The highest BCUT2D eigenvalue weighted by Gasteiger charge is 2.07. The molecule has 96 valence electrons. The highest BCUT2D eigenvalue weighted by molar-refractivity contribution is 6.31. The first-order valence-electron chi connectivity index (χ1n) is 5.90.